The van der Waals surface area contributed by atoms with Crippen molar-refractivity contribution in [1.29, 1.82) is 0 Å². The number of thiophene rings is 1. The molecule has 6 heteroatoms. The maximum Gasteiger partial charge on any atom is 0.235 e. The number of hydrogen-bond acceptors (Lipinski definition) is 3. The zero-order chi connectivity index (χ0) is 46.2. The lowest BCUT2D eigenvalue weighted by Gasteiger charge is -2.42. The summed E-state index contributed by atoms with van der Waals surface area (Å²) in [7, 11) is -1.96. The molecule has 4 heterocycles. The summed E-state index contributed by atoms with van der Waals surface area (Å²) >= 11 is 1.83. The van der Waals surface area contributed by atoms with E-state index in [1.165, 1.54) is 61.6 Å². The van der Waals surface area contributed by atoms with E-state index >= 15 is 0 Å². The van der Waals surface area contributed by atoms with Crippen LogP contribution in [-0.4, -0.2) is 19.1 Å². The highest BCUT2D eigenvalue weighted by Gasteiger charge is 2.33. The van der Waals surface area contributed by atoms with Crippen LogP contribution in [0.4, 0.5) is 0 Å². The van der Waals surface area contributed by atoms with Gasteiger partial charge < -0.3 is 4.57 Å². The van der Waals surface area contributed by atoms with Crippen LogP contribution in [0.15, 0.2) is 274 Å². The second-order valence-corrected chi connectivity index (χ2v) is 21.9. The first-order chi connectivity index (χ1) is 34.7. The van der Waals surface area contributed by atoms with Crippen molar-refractivity contribution in [3.8, 4) is 34.2 Å². The Morgan fingerprint density at radius 2 is 0.814 bits per heavy atom. The van der Waals surface area contributed by atoms with Crippen molar-refractivity contribution in [1.82, 2.24) is 19.1 Å². The van der Waals surface area contributed by atoms with Gasteiger partial charge in [0.15, 0.2) is 0 Å². The molecule has 70 heavy (non-hydrogen) atoms. The summed E-state index contributed by atoms with van der Waals surface area (Å²) in [5.74, 6) is 0.625. The van der Waals surface area contributed by atoms with Crippen LogP contribution in [0, 0.1) is 0 Å². The Morgan fingerprint density at radius 1 is 0.329 bits per heavy atom. The molecule has 14 aromatic rings. The van der Waals surface area contributed by atoms with E-state index in [1.54, 1.807) is 0 Å². The molecule has 4 nitrogen and oxygen atoms in total. The topological polar surface area (TPSA) is 35.6 Å². The summed E-state index contributed by atoms with van der Waals surface area (Å²) in [5, 5.41) is 7.26. The maximum absolute atomic E-state index is 5.65. The average Bonchev–Trinajstić information content (AvgIpc) is 4.10. The van der Waals surface area contributed by atoms with Crippen LogP contribution in [0.1, 0.15) is 0 Å². The molecule has 10 aromatic carbocycles. The van der Waals surface area contributed by atoms with Gasteiger partial charge in [0.1, 0.15) is 0 Å². The molecular weight excluding hydrogens is 889 g/mol. The second-order valence-electron chi connectivity index (χ2n) is 17.7. The lowest BCUT2D eigenvalue weighted by molar-refractivity contribution is 0.995. The van der Waals surface area contributed by atoms with Crippen molar-refractivity contribution in [2.75, 3.05) is 0 Å². The summed E-state index contributed by atoms with van der Waals surface area (Å²) < 4.78 is 7.14. The van der Waals surface area contributed by atoms with E-state index in [1.807, 2.05) is 11.3 Å². The minimum Gasteiger partial charge on any atom is -0.309 e. The van der Waals surface area contributed by atoms with Crippen molar-refractivity contribution in [3.05, 3.63) is 255 Å². The van der Waals surface area contributed by atoms with Gasteiger partial charge >= 0.3 is 0 Å². The summed E-state index contributed by atoms with van der Waals surface area (Å²) in [5.41, 5.74) is 9.42. The number of aromatic nitrogens is 4. The van der Waals surface area contributed by atoms with E-state index in [2.05, 4.69) is 264 Å². The third-order valence-electron chi connectivity index (χ3n) is 13.9. The molecule has 14 rings (SSSR count). The first-order valence-corrected chi connectivity index (χ1v) is 26.1. The highest BCUT2D eigenvalue weighted by atomic mass is 32.3. The van der Waals surface area contributed by atoms with Crippen LogP contribution >= 0.6 is 21.4 Å². The average molecular weight is 931 g/mol. The number of para-hydroxylation sites is 3. The van der Waals surface area contributed by atoms with E-state index in [4.69, 9.17) is 9.97 Å². The van der Waals surface area contributed by atoms with Gasteiger partial charge in [-0.25, -0.2) is 9.97 Å². The molecule has 0 bridgehead atoms. The Hall–Kier alpha value is -8.55. The predicted molar refractivity (Wildman–Crippen MR) is 294 cm³/mol. The van der Waals surface area contributed by atoms with Gasteiger partial charge in [0.2, 0.25) is 5.95 Å². The molecule has 0 atom stereocenters. The molecular formula is C64H42N4S2. The van der Waals surface area contributed by atoms with Crippen molar-refractivity contribution in [2.24, 2.45) is 0 Å². The predicted octanol–water partition coefficient (Wildman–Crippen LogP) is 17.7. The van der Waals surface area contributed by atoms with Gasteiger partial charge in [-0.2, -0.15) is 0 Å². The number of fused-ring (bicyclic) bond motifs is 9. The minimum atomic E-state index is -1.96. The Kier molecular flexibility index (Phi) is 9.44. The number of nitrogens with zero attached hydrogens (tertiary/aromatic N) is 4. The monoisotopic (exact) mass is 930 g/mol. The highest BCUT2D eigenvalue weighted by Crippen LogP contribution is 2.73. The second kappa shape index (κ2) is 16.3. The smallest absolute Gasteiger partial charge is 0.235 e. The van der Waals surface area contributed by atoms with Crippen LogP contribution in [0.5, 0.6) is 0 Å². The lowest BCUT2D eigenvalue weighted by atomic mass is 10.0. The molecule has 4 aromatic heterocycles. The fourth-order valence-electron chi connectivity index (χ4n) is 10.8. The Bertz CT molecular complexity index is 4150. The molecule has 0 saturated heterocycles. The lowest BCUT2D eigenvalue weighted by Crippen LogP contribution is -2.06. The molecule has 0 aliphatic heterocycles. The summed E-state index contributed by atoms with van der Waals surface area (Å²) in [6.45, 7) is 0. The first-order valence-electron chi connectivity index (χ1n) is 23.6. The van der Waals surface area contributed by atoms with Gasteiger partial charge in [0, 0.05) is 78.1 Å². The minimum absolute atomic E-state index is 0.625. The summed E-state index contributed by atoms with van der Waals surface area (Å²) in [6, 6.07) is 92.8. The Morgan fingerprint density at radius 3 is 1.46 bits per heavy atom. The quantitative estimate of drug-likeness (QED) is 0.152. The van der Waals surface area contributed by atoms with Crippen LogP contribution in [0.3, 0.4) is 0 Å². The normalized spacial score (nSPS) is 12.2. The van der Waals surface area contributed by atoms with Gasteiger partial charge in [-0.3, -0.25) is 4.57 Å². The van der Waals surface area contributed by atoms with E-state index in [0.717, 1.165) is 50.0 Å². The molecule has 0 spiro atoms. The number of benzene rings is 10. The van der Waals surface area contributed by atoms with E-state index < -0.39 is 10.0 Å². The van der Waals surface area contributed by atoms with Crippen LogP contribution in [0.25, 0.3) is 97.9 Å². The third kappa shape index (κ3) is 6.24. The largest absolute Gasteiger partial charge is 0.309 e. The molecule has 0 aliphatic carbocycles. The Labute approximate surface area is 410 Å². The summed E-state index contributed by atoms with van der Waals surface area (Å²) in [6.07, 6.45) is 0. The fraction of sp³-hybridized carbons (Fsp3) is 0. The molecule has 0 saturated carbocycles. The fourth-order valence-corrected chi connectivity index (χ4v) is 16.0. The number of rotatable bonds is 8. The van der Waals surface area contributed by atoms with Crippen LogP contribution in [-0.2, 0) is 0 Å². The first kappa shape index (κ1) is 40.5. The zero-order valence-corrected chi connectivity index (χ0v) is 39.5. The molecule has 0 aliphatic rings. The van der Waals surface area contributed by atoms with Gasteiger partial charge in [-0.15, -0.1) is 21.4 Å². The van der Waals surface area contributed by atoms with E-state index in [9.17, 15) is 0 Å². The van der Waals surface area contributed by atoms with E-state index in [-0.39, 0.29) is 0 Å². The van der Waals surface area contributed by atoms with Gasteiger partial charge in [0.05, 0.1) is 33.5 Å². The van der Waals surface area contributed by atoms with Crippen molar-refractivity contribution in [2.45, 2.75) is 19.6 Å². The Balaban J connectivity index is 1.03. The zero-order valence-electron chi connectivity index (χ0n) is 37.9. The summed E-state index contributed by atoms with van der Waals surface area (Å²) in [4.78, 5) is 16.3. The van der Waals surface area contributed by atoms with Crippen LogP contribution in [0.2, 0.25) is 0 Å². The van der Waals surface area contributed by atoms with Gasteiger partial charge in [0.25, 0.3) is 0 Å². The molecule has 0 N–H and O–H groups in total. The maximum atomic E-state index is 5.65. The van der Waals surface area contributed by atoms with Crippen molar-refractivity contribution < 1.29 is 0 Å². The van der Waals surface area contributed by atoms with Gasteiger partial charge in [-0.05, 0) is 97.1 Å². The SMILES string of the molecule is c1ccc(S(c2ccccc2)(c2ccccc2)c2cccc(-c3cc(-c4cccc5c4sc4ccccc45)nc(-n4c5ccccc5c5cc(-n6c7ccccc7c7ccccc76)ccc54)n3)c2)cc1. The van der Waals surface area contributed by atoms with E-state index in [0.29, 0.717) is 5.95 Å². The molecule has 330 valence electrons. The highest BCUT2D eigenvalue weighted by molar-refractivity contribution is 8.34. The van der Waals surface area contributed by atoms with Crippen LogP contribution < -0.4 is 0 Å². The van der Waals surface area contributed by atoms with Gasteiger partial charge in [-0.1, -0.05) is 158 Å². The van der Waals surface area contributed by atoms with Crippen molar-refractivity contribution in [3.63, 3.8) is 0 Å². The molecule has 0 amide bonds. The standard InChI is InChI=1S/C64H42N4S2/c1-4-21-45(22-5-1)70(46-23-6-2-7-24-46,47-25-8-3-9-26-47)48-27-18-20-43(40-48)56-42-57(54-33-19-32-53-52-31-13-17-37-62(52)69-63(53)54)66-64(65-56)68-60-36-16-12-30-51(60)55-41-44(38-39-61(55)68)67-58-34-14-10-28-49(58)50-29-11-15-35-59(50)67/h1-42H. The number of hydrogen-bond donors (Lipinski definition) is 0. The van der Waals surface area contributed by atoms with Crippen molar-refractivity contribution >= 4 is 85.1 Å². The molecule has 0 unspecified atom stereocenters. The third-order valence-corrected chi connectivity index (χ3v) is 19.0. The molecule has 0 radical (unpaired) electrons. The molecule has 0 fully saturated rings.